The van der Waals surface area contributed by atoms with E-state index in [2.05, 4.69) is 49.0 Å². The third-order valence-corrected chi connectivity index (χ3v) is 8.24. The second kappa shape index (κ2) is 10.0. The van der Waals surface area contributed by atoms with E-state index in [1.54, 1.807) is 18.9 Å². The number of thioether (sulfide) groups is 1. The van der Waals surface area contributed by atoms with Crippen molar-refractivity contribution < 1.29 is 9.53 Å². The number of ether oxygens (including phenoxy) is 1. The number of halogens is 2. The lowest BCUT2D eigenvalue weighted by atomic mass is 9.85. The number of hydrogen-bond donors (Lipinski definition) is 1. The number of amides is 1. The number of hydrogen-bond acceptors (Lipinski definition) is 4. The van der Waals surface area contributed by atoms with Crippen LogP contribution in [0.25, 0.3) is 6.08 Å². The molecule has 0 radical (unpaired) electrons. The monoisotopic (exact) mass is 564 g/mol. The van der Waals surface area contributed by atoms with Crippen LogP contribution in [0.3, 0.4) is 0 Å². The number of nitrogens with one attached hydrogen (secondary N) is 1. The highest BCUT2D eigenvalue weighted by atomic mass is 79.9. The molecule has 0 bridgehead atoms. The Morgan fingerprint density at radius 2 is 1.81 bits per heavy atom. The number of rotatable bonds is 5. The summed E-state index contributed by atoms with van der Waals surface area (Å²) in [4.78, 5) is 16.4. The van der Waals surface area contributed by atoms with Crippen molar-refractivity contribution in [2.75, 3.05) is 12.4 Å². The van der Waals surface area contributed by atoms with Crippen molar-refractivity contribution in [3.8, 4) is 5.75 Å². The fraction of sp³-hybridized carbons (Fsp3) is 0.375. The maximum Gasteiger partial charge on any atom is 0.262 e. The van der Waals surface area contributed by atoms with Crippen molar-refractivity contribution in [3.05, 3.63) is 61.9 Å². The summed E-state index contributed by atoms with van der Waals surface area (Å²) in [5.41, 5.74) is 1.86. The number of anilines is 1. The summed E-state index contributed by atoms with van der Waals surface area (Å²) in [6.45, 7) is 2.28. The Kier molecular flexibility index (Phi) is 7.34. The van der Waals surface area contributed by atoms with E-state index < -0.39 is 0 Å². The number of methoxy groups -OCH3 is 1. The van der Waals surface area contributed by atoms with Gasteiger partial charge in [0.2, 0.25) is 0 Å². The van der Waals surface area contributed by atoms with Crippen LogP contribution in [0.5, 0.6) is 5.75 Å². The van der Waals surface area contributed by atoms with Crippen molar-refractivity contribution in [1.82, 2.24) is 4.90 Å². The molecule has 1 N–H and O–H groups in total. The molecule has 3 atom stereocenters. The Balaban J connectivity index is 1.66. The molecule has 1 heterocycles. The topological polar surface area (TPSA) is 41.6 Å². The van der Waals surface area contributed by atoms with Crippen LogP contribution in [-0.2, 0) is 4.79 Å². The van der Waals surface area contributed by atoms with Gasteiger partial charge < -0.3 is 15.0 Å². The fourth-order valence-corrected chi connectivity index (χ4v) is 7.13. The summed E-state index contributed by atoms with van der Waals surface area (Å²) in [5.74, 6) is 1.36. The highest BCUT2D eigenvalue weighted by Gasteiger charge is 2.42. The van der Waals surface area contributed by atoms with Gasteiger partial charge in [-0.1, -0.05) is 49.7 Å². The molecule has 1 saturated heterocycles. The molecule has 0 aromatic heterocycles. The lowest BCUT2D eigenvalue weighted by Crippen LogP contribution is -2.48. The van der Waals surface area contributed by atoms with E-state index in [-0.39, 0.29) is 17.4 Å². The summed E-state index contributed by atoms with van der Waals surface area (Å²) in [7, 11) is 1.64. The third kappa shape index (κ3) is 4.99. The van der Waals surface area contributed by atoms with Crippen molar-refractivity contribution >= 4 is 61.3 Å². The minimum Gasteiger partial charge on any atom is -0.494 e. The summed E-state index contributed by atoms with van der Waals surface area (Å²) in [5, 5.41) is 3.58. The number of carbonyl (C=O) groups is 1. The van der Waals surface area contributed by atoms with E-state index in [0.717, 1.165) is 37.3 Å². The SMILES string of the molecule is COc1c(Br)cc(/C=C2\SC(Nc3ccccc3)N([C@H]3CCCC[C@H]3C)C2=O)cc1Br. The molecule has 2 aromatic rings. The van der Waals surface area contributed by atoms with Crippen molar-refractivity contribution in [2.24, 2.45) is 5.92 Å². The van der Waals surface area contributed by atoms with Gasteiger partial charge in [-0.3, -0.25) is 4.79 Å². The van der Waals surface area contributed by atoms with Gasteiger partial charge in [0.15, 0.2) is 5.50 Å². The van der Waals surface area contributed by atoms with E-state index in [1.165, 1.54) is 19.3 Å². The van der Waals surface area contributed by atoms with Gasteiger partial charge >= 0.3 is 0 Å². The van der Waals surface area contributed by atoms with Crippen molar-refractivity contribution in [2.45, 2.75) is 44.1 Å². The largest absolute Gasteiger partial charge is 0.494 e. The van der Waals surface area contributed by atoms with Crippen LogP contribution < -0.4 is 10.1 Å². The van der Waals surface area contributed by atoms with Crippen LogP contribution >= 0.6 is 43.6 Å². The van der Waals surface area contributed by atoms with Gasteiger partial charge in [0.1, 0.15) is 5.75 Å². The Labute approximate surface area is 205 Å². The standard InChI is InChI=1S/C24H26Br2N2O2S/c1-15-8-6-7-11-20(15)28-23(29)21(31-24(28)27-17-9-4-3-5-10-17)14-16-12-18(25)22(30-2)19(26)13-16/h3-5,9-10,12-15,20,24,27H,6-8,11H2,1-2H3/b21-14-/t15-,20+,24?/m1/s1. The van der Waals surface area contributed by atoms with Gasteiger partial charge in [0.05, 0.1) is 21.0 Å². The highest BCUT2D eigenvalue weighted by Crippen LogP contribution is 2.43. The lowest BCUT2D eigenvalue weighted by Gasteiger charge is -2.39. The van der Waals surface area contributed by atoms with Crippen LogP contribution in [-0.4, -0.2) is 29.5 Å². The average Bonchev–Trinajstić information content (AvgIpc) is 3.03. The van der Waals surface area contributed by atoms with Crippen LogP contribution in [0, 0.1) is 5.92 Å². The van der Waals surface area contributed by atoms with Crippen molar-refractivity contribution in [1.29, 1.82) is 0 Å². The first kappa shape index (κ1) is 22.7. The molecule has 0 spiro atoms. The van der Waals surface area contributed by atoms with Crippen LogP contribution in [0.1, 0.15) is 38.2 Å². The lowest BCUT2D eigenvalue weighted by molar-refractivity contribution is -0.129. The second-order valence-electron chi connectivity index (χ2n) is 8.05. The number of nitrogens with zero attached hydrogens (tertiary/aromatic N) is 1. The molecule has 164 valence electrons. The maximum atomic E-state index is 13.6. The van der Waals surface area contributed by atoms with Gasteiger partial charge in [-0.05, 0) is 86.5 Å². The molecular weight excluding hydrogens is 540 g/mol. The number of benzene rings is 2. The Hall–Kier alpha value is -1.44. The van der Waals surface area contributed by atoms with E-state index >= 15 is 0 Å². The Morgan fingerprint density at radius 3 is 2.45 bits per heavy atom. The summed E-state index contributed by atoms with van der Waals surface area (Å²) in [6.07, 6.45) is 6.65. The molecule has 1 amide bonds. The minimum atomic E-state index is -0.114. The minimum absolute atomic E-state index is 0.111. The zero-order chi connectivity index (χ0) is 22.0. The van der Waals surface area contributed by atoms with Crippen LogP contribution in [0.15, 0.2) is 56.3 Å². The highest BCUT2D eigenvalue weighted by molar-refractivity contribution is 9.11. The second-order valence-corrected chi connectivity index (χ2v) is 10.9. The molecule has 2 aliphatic rings. The molecule has 4 nitrogen and oxygen atoms in total. The predicted octanol–water partition coefficient (Wildman–Crippen LogP) is 7.11. The van der Waals surface area contributed by atoms with Gasteiger partial charge in [-0.25, -0.2) is 0 Å². The number of carbonyl (C=O) groups excluding carboxylic acids is 1. The first-order valence-electron chi connectivity index (χ1n) is 10.5. The fourth-order valence-electron chi connectivity index (χ4n) is 4.38. The van der Waals surface area contributed by atoms with Crippen LogP contribution in [0.2, 0.25) is 0 Å². The van der Waals surface area contributed by atoms with E-state index in [9.17, 15) is 4.79 Å². The Morgan fingerprint density at radius 1 is 1.13 bits per heavy atom. The normalized spacial score (nSPS) is 25.2. The first-order valence-corrected chi connectivity index (χ1v) is 13.0. The number of para-hydroxylation sites is 1. The van der Waals surface area contributed by atoms with Gasteiger partial charge in [0.25, 0.3) is 5.91 Å². The average molecular weight is 566 g/mol. The van der Waals surface area contributed by atoms with Gasteiger partial charge in [-0.2, -0.15) is 0 Å². The molecule has 1 unspecified atom stereocenters. The van der Waals surface area contributed by atoms with E-state index in [1.807, 2.05) is 48.5 Å². The molecule has 2 fully saturated rings. The molecule has 1 saturated carbocycles. The summed E-state index contributed by atoms with van der Waals surface area (Å²) >= 11 is 8.72. The quantitative estimate of drug-likeness (QED) is 0.392. The van der Waals surface area contributed by atoms with Gasteiger partial charge in [0, 0.05) is 11.7 Å². The smallest absolute Gasteiger partial charge is 0.262 e. The molecule has 1 aliphatic carbocycles. The third-order valence-electron chi connectivity index (χ3n) is 5.95. The Bertz CT molecular complexity index is 960. The van der Waals surface area contributed by atoms with Crippen molar-refractivity contribution in [3.63, 3.8) is 0 Å². The summed E-state index contributed by atoms with van der Waals surface area (Å²) < 4.78 is 7.11. The van der Waals surface area contributed by atoms with E-state index in [4.69, 9.17) is 4.74 Å². The maximum absolute atomic E-state index is 13.6. The zero-order valence-electron chi connectivity index (χ0n) is 17.6. The molecule has 1 aliphatic heterocycles. The molecule has 4 rings (SSSR count). The molecular formula is C24H26Br2N2O2S. The molecule has 2 aromatic carbocycles. The van der Waals surface area contributed by atoms with Crippen LogP contribution in [0.4, 0.5) is 5.69 Å². The predicted molar refractivity (Wildman–Crippen MR) is 136 cm³/mol. The van der Waals surface area contributed by atoms with Gasteiger partial charge in [-0.15, -0.1) is 0 Å². The summed E-state index contributed by atoms with van der Waals surface area (Å²) in [6, 6.07) is 14.4. The van der Waals surface area contributed by atoms with E-state index in [0.29, 0.717) is 5.92 Å². The zero-order valence-corrected chi connectivity index (χ0v) is 21.6. The first-order chi connectivity index (χ1) is 15.0. The molecule has 31 heavy (non-hydrogen) atoms. The molecule has 7 heteroatoms.